The molecule has 2 aromatic rings. The van der Waals surface area contributed by atoms with E-state index in [0.29, 0.717) is 31.9 Å². The van der Waals surface area contributed by atoms with Gasteiger partial charge in [-0.25, -0.2) is 0 Å². The molecule has 0 aliphatic carbocycles. The number of hydrogen-bond acceptors (Lipinski definition) is 3. The summed E-state index contributed by atoms with van der Waals surface area (Å²) in [5.74, 6) is -1.71. The van der Waals surface area contributed by atoms with Gasteiger partial charge >= 0.3 is 5.97 Å². The number of carbonyl (C=O) groups excluding carboxylic acids is 1. The van der Waals surface area contributed by atoms with Crippen molar-refractivity contribution in [2.75, 3.05) is 26.3 Å². The number of nitrogens with zero attached hydrogens (tertiary/aromatic N) is 1. The molecule has 0 aliphatic heterocycles. The van der Waals surface area contributed by atoms with Crippen LogP contribution >= 0.6 is 0 Å². The molecule has 6 heteroatoms. The van der Waals surface area contributed by atoms with Crippen molar-refractivity contribution in [3.05, 3.63) is 35.0 Å². The smallest absolute Gasteiger partial charge is 0.308 e. The van der Waals surface area contributed by atoms with Crippen molar-refractivity contribution in [3.63, 3.8) is 0 Å². The largest absolute Gasteiger partial charge is 0.481 e. The van der Waals surface area contributed by atoms with Crippen LogP contribution < -0.4 is 0 Å². The molecule has 1 aromatic heterocycles. The normalized spacial score (nSPS) is 12.3. The third-order valence-electron chi connectivity index (χ3n) is 4.44. The Balaban J connectivity index is 2.23. The lowest BCUT2D eigenvalue weighted by atomic mass is 10.1. The third kappa shape index (κ3) is 4.85. The fourth-order valence-electron chi connectivity index (χ4n) is 3.07. The van der Waals surface area contributed by atoms with Gasteiger partial charge in [0.1, 0.15) is 5.69 Å². The highest BCUT2D eigenvalue weighted by Gasteiger charge is 2.23. The molecule has 1 amide bonds. The van der Waals surface area contributed by atoms with E-state index in [1.165, 1.54) is 0 Å². The van der Waals surface area contributed by atoms with Crippen LogP contribution in [-0.2, 0) is 9.53 Å². The van der Waals surface area contributed by atoms with Crippen molar-refractivity contribution in [1.82, 2.24) is 9.88 Å². The molecule has 0 saturated carbocycles. The molecule has 0 saturated heterocycles. The first-order valence-electron chi connectivity index (χ1n) is 9.03. The first-order valence-corrected chi connectivity index (χ1v) is 9.03. The summed E-state index contributed by atoms with van der Waals surface area (Å²) in [7, 11) is 0. The molecule has 1 unspecified atom stereocenters. The number of hydrogen-bond donors (Lipinski definition) is 2. The molecule has 1 atom stereocenters. The first-order chi connectivity index (χ1) is 12.3. The first kappa shape index (κ1) is 20.0. The Morgan fingerprint density at radius 2 is 2.00 bits per heavy atom. The minimum absolute atomic E-state index is 0.174. The quantitative estimate of drug-likeness (QED) is 0.672. The lowest BCUT2D eigenvalue weighted by Gasteiger charge is -2.24. The van der Waals surface area contributed by atoms with Gasteiger partial charge < -0.3 is 19.7 Å². The highest BCUT2D eigenvalue weighted by atomic mass is 16.5. The van der Waals surface area contributed by atoms with E-state index in [9.17, 15) is 14.7 Å². The Hall–Kier alpha value is -2.34. The standard InChI is InChI=1S/C20H28N2O4/c1-5-26-8-6-7-22(12-15(4)20(24)25)19(23)18-11-16-14(3)9-13(2)10-17(16)21-18/h9-11,15,21H,5-8,12H2,1-4H3,(H,24,25). The van der Waals surface area contributed by atoms with Crippen molar-refractivity contribution < 1.29 is 19.4 Å². The number of aromatic nitrogens is 1. The van der Waals surface area contributed by atoms with Gasteiger partial charge in [0, 0.05) is 37.2 Å². The Morgan fingerprint density at radius 1 is 1.27 bits per heavy atom. The van der Waals surface area contributed by atoms with E-state index in [4.69, 9.17) is 4.74 Å². The molecule has 142 valence electrons. The molecule has 26 heavy (non-hydrogen) atoms. The van der Waals surface area contributed by atoms with Crippen LogP contribution in [0.5, 0.6) is 0 Å². The van der Waals surface area contributed by atoms with E-state index in [1.807, 2.05) is 32.9 Å². The van der Waals surface area contributed by atoms with Gasteiger partial charge in [-0.2, -0.15) is 0 Å². The number of fused-ring (bicyclic) bond motifs is 1. The van der Waals surface area contributed by atoms with Crippen LogP contribution in [0, 0.1) is 19.8 Å². The Morgan fingerprint density at radius 3 is 2.65 bits per heavy atom. The Kier molecular flexibility index (Phi) is 6.80. The zero-order chi connectivity index (χ0) is 19.3. The summed E-state index contributed by atoms with van der Waals surface area (Å²) >= 11 is 0. The van der Waals surface area contributed by atoms with Crippen LogP contribution in [0.1, 0.15) is 41.9 Å². The lowest BCUT2D eigenvalue weighted by molar-refractivity contribution is -0.141. The maximum absolute atomic E-state index is 13.0. The zero-order valence-electron chi connectivity index (χ0n) is 16.0. The number of amides is 1. The van der Waals surface area contributed by atoms with Gasteiger partial charge in [0.25, 0.3) is 5.91 Å². The van der Waals surface area contributed by atoms with E-state index in [0.717, 1.165) is 22.0 Å². The van der Waals surface area contributed by atoms with Gasteiger partial charge in [0.05, 0.1) is 5.92 Å². The van der Waals surface area contributed by atoms with Crippen LogP contribution in [0.4, 0.5) is 0 Å². The second kappa shape index (κ2) is 8.85. The number of ether oxygens (including phenoxy) is 1. The van der Waals surface area contributed by atoms with Gasteiger partial charge in [-0.3, -0.25) is 9.59 Å². The molecule has 0 fully saturated rings. The van der Waals surface area contributed by atoms with Crippen molar-refractivity contribution in [1.29, 1.82) is 0 Å². The van der Waals surface area contributed by atoms with E-state index in [2.05, 4.69) is 11.1 Å². The number of H-pyrrole nitrogens is 1. The Bertz CT molecular complexity index is 781. The number of carboxylic acids is 1. The number of nitrogens with one attached hydrogen (secondary N) is 1. The molecule has 2 N–H and O–H groups in total. The van der Waals surface area contributed by atoms with Gasteiger partial charge in [0.15, 0.2) is 0 Å². The summed E-state index contributed by atoms with van der Waals surface area (Å²) in [4.78, 5) is 29.0. The van der Waals surface area contributed by atoms with Gasteiger partial charge in [-0.15, -0.1) is 0 Å². The van der Waals surface area contributed by atoms with Gasteiger partial charge in [-0.1, -0.05) is 13.0 Å². The maximum atomic E-state index is 13.0. The number of carbonyl (C=O) groups is 2. The van der Waals surface area contributed by atoms with Gasteiger partial charge in [0.2, 0.25) is 0 Å². The number of benzene rings is 1. The second-order valence-electron chi connectivity index (χ2n) is 6.77. The maximum Gasteiger partial charge on any atom is 0.308 e. The van der Waals surface area contributed by atoms with E-state index in [1.54, 1.807) is 11.8 Å². The summed E-state index contributed by atoms with van der Waals surface area (Å²) < 4.78 is 5.34. The lowest BCUT2D eigenvalue weighted by Crippen LogP contribution is -2.38. The number of aryl methyl sites for hydroxylation is 2. The molecule has 0 radical (unpaired) electrons. The molecular formula is C20H28N2O4. The fraction of sp³-hybridized carbons (Fsp3) is 0.500. The van der Waals surface area contributed by atoms with Crippen molar-refractivity contribution >= 4 is 22.8 Å². The van der Waals surface area contributed by atoms with Gasteiger partial charge in [-0.05, 0) is 50.5 Å². The zero-order valence-corrected chi connectivity index (χ0v) is 16.0. The minimum Gasteiger partial charge on any atom is -0.481 e. The summed E-state index contributed by atoms with van der Waals surface area (Å²) in [6.45, 7) is 9.38. The van der Waals surface area contributed by atoms with Crippen molar-refractivity contribution in [3.8, 4) is 0 Å². The molecule has 1 heterocycles. The summed E-state index contributed by atoms with van der Waals surface area (Å²) in [6.07, 6.45) is 0.671. The monoisotopic (exact) mass is 360 g/mol. The number of rotatable bonds is 9. The van der Waals surface area contributed by atoms with Crippen molar-refractivity contribution in [2.24, 2.45) is 5.92 Å². The second-order valence-corrected chi connectivity index (χ2v) is 6.77. The van der Waals surface area contributed by atoms with Crippen LogP contribution in [0.2, 0.25) is 0 Å². The van der Waals surface area contributed by atoms with Crippen molar-refractivity contribution in [2.45, 2.75) is 34.1 Å². The number of aliphatic carboxylic acids is 1. The molecule has 2 rings (SSSR count). The third-order valence-corrected chi connectivity index (χ3v) is 4.44. The minimum atomic E-state index is -0.907. The topological polar surface area (TPSA) is 82.6 Å². The summed E-state index contributed by atoms with van der Waals surface area (Å²) in [5, 5.41) is 10.2. The van der Waals surface area contributed by atoms with Crippen LogP contribution in [0.3, 0.4) is 0 Å². The van der Waals surface area contributed by atoms with Crippen LogP contribution in [0.15, 0.2) is 18.2 Å². The molecule has 0 aliphatic rings. The highest BCUT2D eigenvalue weighted by Crippen LogP contribution is 2.22. The number of carboxylic acid groups (broad SMARTS) is 1. The van der Waals surface area contributed by atoms with E-state index < -0.39 is 11.9 Å². The highest BCUT2D eigenvalue weighted by molar-refractivity contribution is 5.99. The molecule has 1 aromatic carbocycles. The summed E-state index contributed by atoms with van der Waals surface area (Å²) in [5.41, 5.74) is 3.65. The van der Waals surface area contributed by atoms with Crippen LogP contribution in [-0.4, -0.2) is 53.2 Å². The molecule has 0 bridgehead atoms. The van der Waals surface area contributed by atoms with E-state index >= 15 is 0 Å². The molecular weight excluding hydrogens is 332 g/mol. The molecule has 0 spiro atoms. The summed E-state index contributed by atoms with van der Waals surface area (Å²) in [6, 6.07) is 5.95. The Labute approximate surface area is 154 Å². The average Bonchev–Trinajstić information content (AvgIpc) is 3.01. The predicted molar refractivity (Wildman–Crippen MR) is 102 cm³/mol. The SMILES string of the molecule is CCOCCCN(CC(C)C(=O)O)C(=O)c1cc2c(C)cc(C)cc2[nH]1. The predicted octanol–water partition coefficient (Wildman–Crippen LogP) is 3.37. The average molecular weight is 360 g/mol. The molecule has 6 nitrogen and oxygen atoms in total. The fourth-order valence-corrected chi connectivity index (χ4v) is 3.07. The number of aromatic amines is 1. The van der Waals surface area contributed by atoms with E-state index in [-0.39, 0.29) is 12.5 Å². The van der Waals surface area contributed by atoms with Crippen LogP contribution in [0.25, 0.3) is 10.9 Å².